The Kier molecular flexibility index (Phi) is 3.70. The molecule has 3 heteroatoms. The Morgan fingerprint density at radius 2 is 2.06 bits per heavy atom. The van der Waals surface area contributed by atoms with Gasteiger partial charge in [0.05, 0.1) is 5.69 Å². The van der Waals surface area contributed by atoms with Gasteiger partial charge in [0.15, 0.2) is 0 Å². The van der Waals surface area contributed by atoms with Crippen molar-refractivity contribution < 1.29 is 4.42 Å². The number of aliphatic imine (C=N–C) groups is 1. The highest BCUT2D eigenvalue weighted by Crippen LogP contribution is 2.21. The van der Waals surface area contributed by atoms with Gasteiger partial charge >= 0.3 is 0 Å². The maximum Gasteiger partial charge on any atom is 0.226 e. The van der Waals surface area contributed by atoms with E-state index in [9.17, 15) is 0 Å². The minimum Gasteiger partial charge on any atom is -0.441 e. The fourth-order valence-corrected chi connectivity index (χ4v) is 1.69. The van der Waals surface area contributed by atoms with Gasteiger partial charge in [-0.2, -0.15) is 0 Å². The number of hydrogen-bond donors (Lipinski definition) is 0. The van der Waals surface area contributed by atoms with Crippen LogP contribution in [0, 0.1) is 6.92 Å². The Balaban J connectivity index is 2.19. The predicted molar refractivity (Wildman–Crippen MR) is 69.4 cm³/mol. The topological polar surface area (TPSA) is 38.4 Å². The van der Waals surface area contributed by atoms with Crippen molar-refractivity contribution in [3.05, 3.63) is 41.8 Å². The van der Waals surface area contributed by atoms with Crippen molar-refractivity contribution in [2.45, 2.75) is 19.8 Å². The van der Waals surface area contributed by atoms with Crippen LogP contribution in [0.2, 0.25) is 0 Å². The normalized spacial score (nSPS) is 11.2. The molecule has 0 aliphatic rings. The molecule has 17 heavy (non-hydrogen) atoms. The molecule has 1 heterocycles. The summed E-state index contributed by atoms with van der Waals surface area (Å²) in [5.74, 6) is 1.60. The van der Waals surface area contributed by atoms with Crippen LogP contribution in [0.3, 0.4) is 0 Å². The molecule has 0 aliphatic carbocycles. The number of hydrogen-bond acceptors (Lipinski definition) is 3. The number of rotatable bonds is 4. The molecule has 0 saturated carbocycles. The average Bonchev–Trinajstić information content (AvgIpc) is 2.73. The molecule has 0 spiro atoms. The monoisotopic (exact) mass is 228 g/mol. The standard InChI is InChI=1S/C14H16N2O/c1-11-13(9-6-10-15-2)16-14(17-11)12-7-4-3-5-8-12/h3-5,7-8,10H,6,9H2,1-2H3. The highest BCUT2D eigenvalue weighted by Gasteiger charge is 2.10. The summed E-state index contributed by atoms with van der Waals surface area (Å²) in [7, 11) is 1.78. The smallest absolute Gasteiger partial charge is 0.226 e. The van der Waals surface area contributed by atoms with Crippen molar-refractivity contribution in [1.29, 1.82) is 0 Å². The maximum atomic E-state index is 5.68. The van der Waals surface area contributed by atoms with E-state index in [1.165, 1.54) is 0 Å². The lowest BCUT2D eigenvalue weighted by Gasteiger charge is -1.92. The van der Waals surface area contributed by atoms with Crippen molar-refractivity contribution in [3.63, 3.8) is 0 Å². The quantitative estimate of drug-likeness (QED) is 0.753. The second kappa shape index (κ2) is 5.43. The first-order chi connectivity index (χ1) is 8.31. The molecule has 0 saturated heterocycles. The van der Waals surface area contributed by atoms with Gasteiger partial charge in [0.25, 0.3) is 0 Å². The van der Waals surface area contributed by atoms with Crippen molar-refractivity contribution in [2.24, 2.45) is 4.99 Å². The predicted octanol–water partition coefficient (Wildman–Crippen LogP) is 3.28. The number of benzene rings is 1. The lowest BCUT2D eigenvalue weighted by Crippen LogP contribution is -1.89. The van der Waals surface area contributed by atoms with E-state index in [0.29, 0.717) is 5.89 Å². The van der Waals surface area contributed by atoms with E-state index in [4.69, 9.17) is 4.42 Å². The van der Waals surface area contributed by atoms with Gasteiger partial charge in [0.1, 0.15) is 5.76 Å². The molecule has 0 fully saturated rings. The van der Waals surface area contributed by atoms with E-state index in [-0.39, 0.29) is 0 Å². The molecule has 1 aromatic carbocycles. The van der Waals surface area contributed by atoms with Gasteiger partial charge in [-0.15, -0.1) is 0 Å². The lowest BCUT2D eigenvalue weighted by atomic mass is 10.2. The fourth-order valence-electron chi connectivity index (χ4n) is 1.69. The molecule has 2 aromatic rings. The van der Waals surface area contributed by atoms with Crippen LogP contribution in [0.1, 0.15) is 17.9 Å². The van der Waals surface area contributed by atoms with E-state index >= 15 is 0 Å². The molecule has 0 amide bonds. The zero-order chi connectivity index (χ0) is 12.1. The molecule has 0 bridgehead atoms. The Morgan fingerprint density at radius 3 is 2.76 bits per heavy atom. The van der Waals surface area contributed by atoms with E-state index in [2.05, 4.69) is 9.98 Å². The minimum atomic E-state index is 0.700. The molecule has 0 aliphatic heterocycles. The van der Waals surface area contributed by atoms with Crippen LogP contribution in [-0.2, 0) is 6.42 Å². The van der Waals surface area contributed by atoms with E-state index in [1.807, 2.05) is 43.5 Å². The average molecular weight is 228 g/mol. The van der Waals surface area contributed by atoms with Gasteiger partial charge in [0.2, 0.25) is 5.89 Å². The summed E-state index contributed by atoms with van der Waals surface area (Å²) in [6, 6.07) is 9.96. The Bertz CT molecular complexity index is 500. The maximum absolute atomic E-state index is 5.68. The third-order valence-electron chi connectivity index (χ3n) is 2.61. The van der Waals surface area contributed by atoms with E-state index in [1.54, 1.807) is 7.05 Å². The third-order valence-corrected chi connectivity index (χ3v) is 2.61. The Labute approximate surface area is 101 Å². The Hall–Kier alpha value is -1.90. The molecule has 0 unspecified atom stereocenters. The highest BCUT2D eigenvalue weighted by molar-refractivity contribution is 5.57. The number of nitrogens with zero attached hydrogens (tertiary/aromatic N) is 2. The van der Waals surface area contributed by atoms with Crippen LogP contribution in [-0.4, -0.2) is 18.2 Å². The van der Waals surface area contributed by atoms with Gasteiger partial charge in [0, 0.05) is 12.6 Å². The third kappa shape index (κ3) is 2.81. The first kappa shape index (κ1) is 11.6. The zero-order valence-electron chi connectivity index (χ0n) is 10.2. The summed E-state index contributed by atoms with van der Waals surface area (Å²) in [6.07, 6.45) is 3.67. The summed E-state index contributed by atoms with van der Waals surface area (Å²) in [4.78, 5) is 8.49. The Morgan fingerprint density at radius 1 is 1.29 bits per heavy atom. The molecular weight excluding hydrogens is 212 g/mol. The zero-order valence-corrected chi connectivity index (χ0v) is 10.2. The van der Waals surface area contributed by atoms with Crippen LogP contribution in [0.5, 0.6) is 0 Å². The molecule has 3 nitrogen and oxygen atoms in total. The SMILES string of the molecule is CN=CCCc1nc(-c2ccccc2)oc1C. The summed E-state index contributed by atoms with van der Waals surface area (Å²) in [6.45, 7) is 1.96. The highest BCUT2D eigenvalue weighted by atomic mass is 16.4. The van der Waals surface area contributed by atoms with Gasteiger partial charge in [-0.05, 0) is 38.1 Å². The molecule has 0 radical (unpaired) electrons. The summed E-state index contributed by atoms with van der Waals surface area (Å²) in [5, 5.41) is 0. The second-order valence-electron chi connectivity index (χ2n) is 3.87. The van der Waals surface area contributed by atoms with Crippen LogP contribution in [0.25, 0.3) is 11.5 Å². The van der Waals surface area contributed by atoms with Crippen LogP contribution >= 0.6 is 0 Å². The molecule has 0 atom stereocenters. The van der Waals surface area contributed by atoms with Gasteiger partial charge in [-0.25, -0.2) is 4.98 Å². The van der Waals surface area contributed by atoms with Crippen molar-refractivity contribution >= 4 is 6.21 Å². The first-order valence-corrected chi connectivity index (χ1v) is 5.73. The molecule has 88 valence electrons. The summed E-state index contributed by atoms with van der Waals surface area (Å²) >= 11 is 0. The van der Waals surface area contributed by atoms with Crippen LogP contribution in [0.4, 0.5) is 0 Å². The van der Waals surface area contributed by atoms with Crippen LogP contribution in [0.15, 0.2) is 39.7 Å². The van der Waals surface area contributed by atoms with Gasteiger partial charge < -0.3 is 9.41 Å². The largest absolute Gasteiger partial charge is 0.441 e. The van der Waals surface area contributed by atoms with Gasteiger partial charge in [-0.3, -0.25) is 0 Å². The summed E-state index contributed by atoms with van der Waals surface area (Å²) < 4.78 is 5.68. The van der Waals surface area contributed by atoms with E-state index in [0.717, 1.165) is 29.9 Å². The second-order valence-corrected chi connectivity index (χ2v) is 3.87. The lowest BCUT2D eigenvalue weighted by molar-refractivity contribution is 0.539. The molecule has 1 aromatic heterocycles. The van der Waals surface area contributed by atoms with Gasteiger partial charge in [-0.1, -0.05) is 18.2 Å². The van der Waals surface area contributed by atoms with Crippen molar-refractivity contribution in [2.75, 3.05) is 7.05 Å². The van der Waals surface area contributed by atoms with E-state index < -0.39 is 0 Å². The van der Waals surface area contributed by atoms with Crippen molar-refractivity contribution in [1.82, 2.24) is 4.98 Å². The number of aryl methyl sites for hydroxylation is 2. The molecular formula is C14H16N2O. The molecule has 2 rings (SSSR count). The minimum absolute atomic E-state index is 0.700. The molecule has 0 N–H and O–H groups in total. The first-order valence-electron chi connectivity index (χ1n) is 5.73. The van der Waals surface area contributed by atoms with Crippen LogP contribution < -0.4 is 0 Å². The number of aromatic nitrogens is 1. The number of oxazole rings is 1. The summed E-state index contributed by atoms with van der Waals surface area (Å²) in [5.41, 5.74) is 2.04. The van der Waals surface area contributed by atoms with Crippen molar-refractivity contribution in [3.8, 4) is 11.5 Å². The fraction of sp³-hybridized carbons (Fsp3) is 0.286.